The Balaban J connectivity index is 1.85. The minimum Gasteiger partial charge on any atom is -0.495 e. The standard InChI is InChI=1S/C22H28N2O4S/c1-17-13-14-21(28-2)20(15-17)23-22(25)16-24(18-9-5-3-6-10-18)29(26,27)19-11-7-4-8-12-19/h4,7-8,11-15,18H,3,5-6,9-10,16H2,1-2H3,(H,23,25). The molecule has 0 aliphatic heterocycles. The number of ether oxygens (including phenoxy) is 1. The highest BCUT2D eigenvalue weighted by Gasteiger charge is 2.34. The highest BCUT2D eigenvalue weighted by molar-refractivity contribution is 7.89. The van der Waals surface area contributed by atoms with Gasteiger partial charge in [-0.05, 0) is 49.6 Å². The van der Waals surface area contributed by atoms with E-state index in [4.69, 9.17) is 4.74 Å². The van der Waals surface area contributed by atoms with Crippen molar-refractivity contribution in [2.24, 2.45) is 0 Å². The van der Waals surface area contributed by atoms with Crippen LogP contribution in [0.2, 0.25) is 0 Å². The number of nitrogens with one attached hydrogen (secondary N) is 1. The van der Waals surface area contributed by atoms with E-state index in [9.17, 15) is 13.2 Å². The number of nitrogens with zero attached hydrogens (tertiary/aromatic N) is 1. The third kappa shape index (κ3) is 5.16. The number of hydrogen-bond acceptors (Lipinski definition) is 4. The summed E-state index contributed by atoms with van der Waals surface area (Å²) in [6.07, 6.45) is 4.58. The van der Waals surface area contributed by atoms with E-state index in [0.29, 0.717) is 11.4 Å². The molecular formula is C22H28N2O4S. The molecular weight excluding hydrogens is 388 g/mol. The molecule has 0 aromatic heterocycles. The molecule has 6 nitrogen and oxygen atoms in total. The number of rotatable bonds is 7. The molecule has 1 aliphatic carbocycles. The second-order valence-corrected chi connectivity index (χ2v) is 9.30. The SMILES string of the molecule is COc1ccc(C)cc1NC(=O)CN(C1CCCCC1)S(=O)(=O)c1ccccc1. The van der Waals surface area contributed by atoms with Gasteiger partial charge in [0, 0.05) is 6.04 Å². The smallest absolute Gasteiger partial charge is 0.243 e. The molecule has 0 saturated heterocycles. The van der Waals surface area contributed by atoms with Crippen molar-refractivity contribution in [3.05, 3.63) is 54.1 Å². The van der Waals surface area contributed by atoms with Crippen LogP contribution in [0.5, 0.6) is 5.75 Å². The first-order valence-corrected chi connectivity index (χ1v) is 11.4. The summed E-state index contributed by atoms with van der Waals surface area (Å²) < 4.78 is 33.3. The Labute approximate surface area is 172 Å². The van der Waals surface area contributed by atoms with E-state index < -0.39 is 10.0 Å². The Kier molecular flexibility index (Phi) is 6.92. The van der Waals surface area contributed by atoms with Crippen LogP contribution in [0.15, 0.2) is 53.4 Å². The van der Waals surface area contributed by atoms with Crippen LogP contribution in [-0.2, 0) is 14.8 Å². The van der Waals surface area contributed by atoms with Crippen molar-refractivity contribution in [1.82, 2.24) is 4.31 Å². The highest BCUT2D eigenvalue weighted by Crippen LogP contribution is 2.29. The number of carbonyl (C=O) groups is 1. The molecule has 0 unspecified atom stereocenters. The normalized spacial score (nSPS) is 15.3. The largest absolute Gasteiger partial charge is 0.495 e. The lowest BCUT2D eigenvalue weighted by atomic mass is 9.95. The average Bonchev–Trinajstić information content (AvgIpc) is 2.73. The average molecular weight is 417 g/mol. The number of amides is 1. The summed E-state index contributed by atoms with van der Waals surface area (Å²) in [4.78, 5) is 13.1. The van der Waals surface area contributed by atoms with Crippen molar-refractivity contribution in [2.75, 3.05) is 19.0 Å². The molecule has 1 amide bonds. The number of hydrogen-bond donors (Lipinski definition) is 1. The highest BCUT2D eigenvalue weighted by atomic mass is 32.2. The van der Waals surface area contributed by atoms with Crippen LogP contribution in [0, 0.1) is 6.92 Å². The summed E-state index contributed by atoms with van der Waals surface area (Å²) in [5, 5.41) is 2.83. The number of anilines is 1. The Morgan fingerprint density at radius 1 is 1.10 bits per heavy atom. The first-order valence-electron chi connectivity index (χ1n) is 9.93. The number of sulfonamides is 1. The molecule has 156 valence electrons. The molecule has 1 N–H and O–H groups in total. The van der Waals surface area contributed by atoms with Crippen molar-refractivity contribution in [2.45, 2.75) is 50.0 Å². The molecule has 1 fully saturated rings. The second-order valence-electron chi connectivity index (χ2n) is 7.41. The van der Waals surface area contributed by atoms with E-state index >= 15 is 0 Å². The zero-order valence-corrected chi connectivity index (χ0v) is 17.7. The van der Waals surface area contributed by atoms with Crippen LogP contribution >= 0.6 is 0 Å². The van der Waals surface area contributed by atoms with Gasteiger partial charge in [0.2, 0.25) is 15.9 Å². The number of carbonyl (C=O) groups excluding carboxylic acids is 1. The van der Waals surface area contributed by atoms with Gasteiger partial charge in [0.15, 0.2) is 0 Å². The third-order valence-electron chi connectivity index (χ3n) is 5.26. The fourth-order valence-corrected chi connectivity index (χ4v) is 5.42. The minimum atomic E-state index is -3.77. The van der Waals surface area contributed by atoms with Gasteiger partial charge in [-0.15, -0.1) is 0 Å². The van der Waals surface area contributed by atoms with E-state index in [1.807, 2.05) is 19.1 Å². The molecule has 1 saturated carbocycles. The number of methoxy groups -OCH3 is 1. The van der Waals surface area contributed by atoms with E-state index in [-0.39, 0.29) is 23.4 Å². The monoisotopic (exact) mass is 416 g/mol. The third-order valence-corrected chi connectivity index (χ3v) is 7.17. The molecule has 2 aromatic rings. The van der Waals surface area contributed by atoms with Crippen molar-refractivity contribution >= 4 is 21.6 Å². The summed E-state index contributed by atoms with van der Waals surface area (Å²) in [6.45, 7) is 1.70. The molecule has 0 spiro atoms. The van der Waals surface area contributed by atoms with Crippen LogP contribution in [0.4, 0.5) is 5.69 Å². The molecule has 0 bridgehead atoms. The first kappa shape index (κ1) is 21.3. The van der Waals surface area contributed by atoms with Gasteiger partial charge in [-0.25, -0.2) is 8.42 Å². The second kappa shape index (κ2) is 9.41. The van der Waals surface area contributed by atoms with Crippen LogP contribution < -0.4 is 10.1 Å². The fraction of sp³-hybridized carbons (Fsp3) is 0.409. The van der Waals surface area contributed by atoms with Crippen molar-refractivity contribution in [1.29, 1.82) is 0 Å². The molecule has 3 rings (SSSR count). The van der Waals surface area contributed by atoms with Gasteiger partial charge in [0.1, 0.15) is 5.75 Å². The van der Waals surface area contributed by atoms with Crippen LogP contribution in [0.3, 0.4) is 0 Å². The number of benzene rings is 2. The molecule has 0 heterocycles. The predicted molar refractivity (Wildman–Crippen MR) is 114 cm³/mol. The summed E-state index contributed by atoms with van der Waals surface area (Å²) in [7, 11) is -2.23. The van der Waals surface area contributed by atoms with Gasteiger partial charge in [0.25, 0.3) is 0 Å². The molecule has 7 heteroatoms. The first-order chi connectivity index (χ1) is 13.9. The Morgan fingerprint density at radius 3 is 2.45 bits per heavy atom. The van der Waals surface area contributed by atoms with Gasteiger partial charge in [-0.2, -0.15) is 4.31 Å². The maximum atomic E-state index is 13.3. The zero-order chi connectivity index (χ0) is 20.9. The lowest BCUT2D eigenvalue weighted by Gasteiger charge is -2.33. The van der Waals surface area contributed by atoms with Crippen LogP contribution in [0.25, 0.3) is 0 Å². The van der Waals surface area contributed by atoms with E-state index in [0.717, 1.165) is 37.7 Å². The Morgan fingerprint density at radius 2 is 1.79 bits per heavy atom. The minimum absolute atomic E-state index is 0.167. The molecule has 2 aromatic carbocycles. The van der Waals surface area contributed by atoms with E-state index in [1.54, 1.807) is 36.4 Å². The lowest BCUT2D eigenvalue weighted by Crippen LogP contribution is -2.45. The van der Waals surface area contributed by atoms with Gasteiger partial charge in [-0.3, -0.25) is 4.79 Å². The van der Waals surface area contributed by atoms with Crippen molar-refractivity contribution in [3.63, 3.8) is 0 Å². The summed E-state index contributed by atoms with van der Waals surface area (Å²) in [5.41, 5.74) is 1.51. The zero-order valence-electron chi connectivity index (χ0n) is 16.9. The predicted octanol–water partition coefficient (Wildman–Crippen LogP) is 3.97. The van der Waals surface area contributed by atoms with Gasteiger partial charge in [0.05, 0.1) is 24.2 Å². The summed E-state index contributed by atoms with van der Waals surface area (Å²) >= 11 is 0. The Bertz CT molecular complexity index is 939. The van der Waals surface area contributed by atoms with E-state index in [1.165, 1.54) is 11.4 Å². The maximum absolute atomic E-state index is 13.3. The molecule has 1 aliphatic rings. The number of aryl methyl sites for hydroxylation is 1. The summed E-state index contributed by atoms with van der Waals surface area (Å²) in [6, 6.07) is 13.6. The Hall–Kier alpha value is -2.38. The molecule has 0 radical (unpaired) electrons. The van der Waals surface area contributed by atoms with Gasteiger partial charge >= 0.3 is 0 Å². The quantitative estimate of drug-likeness (QED) is 0.741. The topological polar surface area (TPSA) is 75.7 Å². The van der Waals surface area contributed by atoms with Gasteiger partial charge < -0.3 is 10.1 Å². The fourth-order valence-electron chi connectivity index (χ4n) is 3.76. The van der Waals surface area contributed by atoms with Crippen LogP contribution in [-0.4, -0.2) is 38.3 Å². The van der Waals surface area contributed by atoms with Crippen molar-refractivity contribution < 1.29 is 17.9 Å². The van der Waals surface area contributed by atoms with E-state index in [2.05, 4.69) is 5.32 Å². The van der Waals surface area contributed by atoms with Gasteiger partial charge in [-0.1, -0.05) is 43.5 Å². The maximum Gasteiger partial charge on any atom is 0.243 e. The molecule has 0 atom stereocenters. The van der Waals surface area contributed by atoms with Crippen molar-refractivity contribution in [3.8, 4) is 5.75 Å². The lowest BCUT2D eigenvalue weighted by molar-refractivity contribution is -0.116. The van der Waals surface area contributed by atoms with Crippen LogP contribution in [0.1, 0.15) is 37.7 Å². The molecule has 29 heavy (non-hydrogen) atoms. The summed E-state index contributed by atoms with van der Waals surface area (Å²) in [5.74, 6) is 0.165.